The monoisotopic (exact) mass is 365 g/mol. The van der Waals surface area contributed by atoms with Crippen molar-refractivity contribution in [1.29, 1.82) is 0 Å². The molecule has 2 unspecified atom stereocenters. The molecule has 2 aromatic heterocycles. The van der Waals surface area contributed by atoms with Gasteiger partial charge in [0.15, 0.2) is 5.82 Å². The Balaban J connectivity index is 1.55. The van der Waals surface area contributed by atoms with E-state index in [1.807, 2.05) is 24.4 Å². The largest absolute Gasteiger partial charge is 0.384 e. The molecule has 3 aromatic rings. The number of benzene rings is 1. The molecule has 140 valence electrons. The minimum absolute atomic E-state index is 0.243. The first kappa shape index (κ1) is 17.1. The van der Waals surface area contributed by atoms with E-state index in [1.165, 1.54) is 0 Å². The van der Waals surface area contributed by atoms with Crippen LogP contribution in [-0.4, -0.2) is 39.0 Å². The zero-order valence-electron chi connectivity index (χ0n) is 15.1. The van der Waals surface area contributed by atoms with E-state index in [4.69, 9.17) is 11.5 Å². The molecule has 4 rings (SSSR count). The van der Waals surface area contributed by atoms with Crippen LogP contribution in [0, 0.1) is 5.92 Å². The van der Waals surface area contributed by atoms with Gasteiger partial charge in [0.25, 0.3) is 0 Å². The lowest BCUT2D eigenvalue weighted by Gasteiger charge is -2.14. The van der Waals surface area contributed by atoms with Crippen molar-refractivity contribution in [2.75, 3.05) is 23.3 Å². The number of aromatic amines is 1. The number of hydrazone groups is 1. The van der Waals surface area contributed by atoms with Crippen LogP contribution < -0.4 is 22.2 Å². The minimum Gasteiger partial charge on any atom is -0.384 e. The molecule has 27 heavy (non-hydrogen) atoms. The van der Waals surface area contributed by atoms with E-state index >= 15 is 0 Å². The summed E-state index contributed by atoms with van der Waals surface area (Å²) in [6.07, 6.45) is 5.73. The summed E-state index contributed by atoms with van der Waals surface area (Å²) in [6, 6.07) is 6.22. The second-order valence-corrected chi connectivity index (χ2v) is 6.78. The van der Waals surface area contributed by atoms with Crippen LogP contribution in [0.25, 0.3) is 22.2 Å². The van der Waals surface area contributed by atoms with Crippen molar-refractivity contribution in [2.45, 2.75) is 25.8 Å². The highest BCUT2D eigenvalue weighted by atomic mass is 15.3. The molecule has 0 aliphatic carbocycles. The van der Waals surface area contributed by atoms with E-state index in [-0.39, 0.29) is 5.95 Å². The van der Waals surface area contributed by atoms with Gasteiger partial charge in [-0.1, -0.05) is 0 Å². The number of hydrogen-bond donors (Lipinski definition) is 5. The van der Waals surface area contributed by atoms with Gasteiger partial charge in [0.05, 0.1) is 16.6 Å². The van der Waals surface area contributed by atoms with Crippen LogP contribution in [0.5, 0.6) is 0 Å². The fraction of sp³-hybridized carbons (Fsp3) is 0.333. The Labute approximate surface area is 156 Å². The predicted molar refractivity (Wildman–Crippen MR) is 108 cm³/mol. The first-order valence-electron chi connectivity index (χ1n) is 9.01. The smallest absolute Gasteiger partial charge is 0.220 e. The van der Waals surface area contributed by atoms with Gasteiger partial charge in [-0.3, -0.25) is 5.10 Å². The highest BCUT2D eigenvalue weighted by Crippen LogP contribution is 2.32. The summed E-state index contributed by atoms with van der Waals surface area (Å²) in [5.74, 6) is 1.19. The molecular formula is C18H23N9. The molecule has 1 aliphatic rings. The van der Waals surface area contributed by atoms with Crippen LogP contribution in [0.4, 0.5) is 17.5 Å². The Morgan fingerprint density at radius 2 is 2.15 bits per heavy atom. The lowest BCUT2D eigenvalue weighted by Crippen LogP contribution is -2.23. The summed E-state index contributed by atoms with van der Waals surface area (Å²) in [4.78, 5) is 8.26. The molecule has 2 atom stereocenters. The van der Waals surface area contributed by atoms with Crippen molar-refractivity contribution < 1.29 is 0 Å². The molecule has 9 heteroatoms. The number of nitrogens with one attached hydrogen (secondary N) is 3. The number of fused-ring (bicyclic) bond motifs is 1. The van der Waals surface area contributed by atoms with Gasteiger partial charge in [-0.2, -0.15) is 10.2 Å². The van der Waals surface area contributed by atoms with Crippen molar-refractivity contribution in [3.63, 3.8) is 0 Å². The van der Waals surface area contributed by atoms with Gasteiger partial charge in [-0.05, 0) is 38.0 Å². The van der Waals surface area contributed by atoms with E-state index in [0.717, 1.165) is 47.2 Å². The van der Waals surface area contributed by atoms with Crippen molar-refractivity contribution in [1.82, 2.24) is 25.6 Å². The summed E-state index contributed by atoms with van der Waals surface area (Å²) < 4.78 is 0. The summed E-state index contributed by atoms with van der Waals surface area (Å²) in [5.41, 5.74) is 18.3. The number of nitrogens with two attached hydrogens (primary N) is 2. The van der Waals surface area contributed by atoms with Crippen molar-refractivity contribution in [3.8, 4) is 11.3 Å². The van der Waals surface area contributed by atoms with Gasteiger partial charge >= 0.3 is 0 Å². The second kappa shape index (κ2) is 7.10. The summed E-state index contributed by atoms with van der Waals surface area (Å²) >= 11 is 0. The van der Waals surface area contributed by atoms with Gasteiger partial charge in [-0.15, -0.1) is 0 Å². The molecule has 0 saturated heterocycles. The summed E-state index contributed by atoms with van der Waals surface area (Å²) in [5, 5.41) is 15.6. The Morgan fingerprint density at radius 3 is 2.93 bits per heavy atom. The lowest BCUT2D eigenvalue weighted by atomic mass is 9.98. The number of anilines is 3. The highest BCUT2D eigenvalue weighted by molar-refractivity contribution is 6.02. The minimum atomic E-state index is 0.243. The third-order valence-electron chi connectivity index (χ3n) is 4.88. The quantitative estimate of drug-likeness (QED) is 0.420. The lowest BCUT2D eigenvalue weighted by molar-refractivity contribution is 0.481. The molecule has 3 heterocycles. The van der Waals surface area contributed by atoms with Gasteiger partial charge in [0.2, 0.25) is 5.95 Å². The molecular weight excluding hydrogens is 342 g/mol. The van der Waals surface area contributed by atoms with Gasteiger partial charge in [-0.25, -0.2) is 9.97 Å². The van der Waals surface area contributed by atoms with Crippen LogP contribution >= 0.6 is 0 Å². The summed E-state index contributed by atoms with van der Waals surface area (Å²) in [6.45, 7) is 2.98. The molecule has 7 N–H and O–H groups in total. The number of hydrogen-bond acceptors (Lipinski definition) is 8. The third kappa shape index (κ3) is 3.48. The third-order valence-corrected chi connectivity index (χ3v) is 4.88. The Bertz CT molecular complexity index is 978. The number of aromatic nitrogens is 4. The van der Waals surface area contributed by atoms with E-state index in [9.17, 15) is 0 Å². The fourth-order valence-electron chi connectivity index (χ4n) is 3.37. The molecule has 0 saturated carbocycles. The fourth-order valence-corrected chi connectivity index (χ4v) is 3.37. The SMILES string of the molecule is CC1NN=CC1CCCNc1cc(-c2ccnc(N)n2)cc2[nH]nc(N)c12. The average Bonchev–Trinajstić information content (AvgIpc) is 3.24. The van der Waals surface area contributed by atoms with Crippen molar-refractivity contribution in [3.05, 3.63) is 24.4 Å². The van der Waals surface area contributed by atoms with Crippen LogP contribution in [0.1, 0.15) is 19.8 Å². The van der Waals surface area contributed by atoms with E-state index < -0.39 is 0 Å². The zero-order valence-corrected chi connectivity index (χ0v) is 15.1. The normalized spacial score (nSPS) is 18.7. The summed E-state index contributed by atoms with van der Waals surface area (Å²) in [7, 11) is 0. The molecule has 0 bridgehead atoms. The molecule has 1 aliphatic heterocycles. The highest BCUT2D eigenvalue weighted by Gasteiger charge is 2.18. The topological polar surface area (TPSA) is 143 Å². The van der Waals surface area contributed by atoms with Crippen LogP contribution in [0.2, 0.25) is 0 Å². The number of nitrogens with zero attached hydrogens (tertiary/aromatic N) is 4. The van der Waals surface area contributed by atoms with Crippen molar-refractivity contribution in [2.24, 2.45) is 11.0 Å². The number of rotatable bonds is 6. The molecule has 0 radical (unpaired) electrons. The molecule has 0 spiro atoms. The molecule has 0 amide bonds. The second-order valence-electron chi connectivity index (χ2n) is 6.78. The van der Waals surface area contributed by atoms with Crippen molar-refractivity contribution >= 4 is 34.6 Å². The molecule has 1 aromatic carbocycles. The average molecular weight is 365 g/mol. The number of nitrogen functional groups attached to an aromatic ring is 2. The Kier molecular flexibility index (Phi) is 4.49. The predicted octanol–water partition coefficient (Wildman–Crippen LogP) is 1.97. The van der Waals surface area contributed by atoms with Gasteiger partial charge < -0.3 is 22.2 Å². The van der Waals surface area contributed by atoms with Gasteiger partial charge in [0, 0.05) is 42.2 Å². The van der Waals surface area contributed by atoms with E-state index in [1.54, 1.807) is 6.20 Å². The van der Waals surface area contributed by atoms with Crippen LogP contribution in [-0.2, 0) is 0 Å². The van der Waals surface area contributed by atoms with Crippen LogP contribution in [0.15, 0.2) is 29.5 Å². The van der Waals surface area contributed by atoms with Gasteiger partial charge in [0.1, 0.15) is 0 Å². The first-order valence-corrected chi connectivity index (χ1v) is 9.01. The zero-order chi connectivity index (χ0) is 18.8. The molecule has 9 nitrogen and oxygen atoms in total. The number of H-pyrrole nitrogens is 1. The Morgan fingerprint density at radius 1 is 1.26 bits per heavy atom. The standard InChI is InChI=1S/C18H23N9/c1-10-11(9-23-25-10)3-2-5-21-14-7-12(13-4-6-22-18(20)24-13)8-15-16(14)17(19)27-26-15/h4,6-11,21,25H,2-3,5H2,1H3,(H3,19,26,27)(H2,20,22,24). The van der Waals surface area contributed by atoms with E-state index in [0.29, 0.717) is 17.8 Å². The molecule has 0 fully saturated rings. The maximum absolute atomic E-state index is 6.06. The maximum atomic E-state index is 6.06. The first-order chi connectivity index (χ1) is 13.1. The Hall–Kier alpha value is -3.36. The van der Waals surface area contributed by atoms with Crippen LogP contribution in [0.3, 0.4) is 0 Å². The van der Waals surface area contributed by atoms with E-state index in [2.05, 4.69) is 42.9 Å². The maximum Gasteiger partial charge on any atom is 0.220 e.